The first-order chi connectivity index (χ1) is 12.7. The number of aromatic amines is 1. The number of nitrogens with one attached hydrogen (secondary N) is 1. The molecule has 1 unspecified atom stereocenters. The summed E-state index contributed by atoms with van der Waals surface area (Å²) in [6, 6.07) is 11.6. The van der Waals surface area contributed by atoms with Crippen LogP contribution in [0.5, 0.6) is 0 Å². The van der Waals surface area contributed by atoms with Crippen molar-refractivity contribution in [2.75, 3.05) is 6.54 Å². The fourth-order valence-corrected chi connectivity index (χ4v) is 3.71. The van der Waals surface area contributed by atoms with E-state index in [4.69, 9.17) is 0 Å². The molecule has 1 aliphatic heterocycles. The lowest BCUT2D eigenvalue weighted by atomic mass is 9.98. The Balaban J connectivity index is 1.55. The second kappa shape index (κ2) is 7.15. The summed E-state index contributed by atoms with van der Waals surface area (Å²) in [5.41, 5.74) is 1.83. The minimum Gasteiger partial charge on any atom is -0.334 e. The molecule has 6 heteroatoms. The second-order valence-electron chi connectivity index (χ2n) is 6.77. The van der Waals surface area contributed by atoms with Gasteiger partial charge in [-0.1, -0.05) is 30.3 Å². The van der Waals surface area contributed by atoms with Gasteiger partial charge in [0.2, 0.25) is 11.7 Å². The van der Waals surface area contributed by atoms with Crippen molar-refractivity contribution in [1.29, 1.82) is 0 Å². The number of aryl methyl sites for hydroxylation is 1. The summed E-state index contributed by atoms with van der Waals surface area (Å²) in [6.07, 6.45) is 7.37. The van der Waals surface area contributed by atoms with Crippen LogP contribution in [0.1, 0.15) is 43.0 Å². The van der Waals surface area contributed by atoms with Crippen LogP contribution in [0.15, 0.2) is 53.6 Å². The highest BCUT2D eigenvalue weighted by Gasteiger charge is 2.28. The van der Waals surface area contributed by atoms with Gasteiger partial charge < -0.3 is 9.88 Å². The Bertz CT molecular complexity index is 961. The van der Waals surface area contributed by atoms with Gasteiger partial charge in [-0.05, 0) is 31.2 Å². The Morgan fingerprint density at radius 2 is 2.08 bits per heavy atom. The largest absolute Gasteiger partial charge is 0.334 e. The molecule has 1 atom stereocenters. The molecule has 3 heterocycles. The van der Waals surface area contributed by atoms with Gasteiger partial charge in [0, 0.05) is 37.1 Å². The zero-order chi connectivity index (χ0) is 17.9. The molecule has 0 saturated carbocycles. The van der Waals surface area contributed by atoms with Crippen LogP contribution in [0.4, 0.5) is 0 Å². The summed E-state index contributed by atoms with van der Waals surface area (Å²) in [7, 11) is 0. The first-order valence-corrected chi connectivity index (χ1v) is 9.12. The number of imidazole rings is 1. The van der Waals surface area contributed by atoms with Gasteiger partial charge in [-0.15, -0.1) is 0 Å². The number of carbonyl (C=O) groups is 1. The Kier molecular flexibility index (Phi) is 4.56. The van der Waals surface area contributed by atoms with Crippen LogP contribution in [0.3, 0.4) is 0 Å². The summed E-state index contributed by atoms with van der Waals surface area (Å²) in [4.78, 5) is 34.5. The number of piperidine rings is 1. The summed E-state index contributed by atoms with van der Waals surface area (Å²) in [6.45, 7) is 0.736. The lowest BCUT2D eigenvalue weighted by molar-refractivity contribution is -0.135. The van der Waals surface area contributed by atoms with Crippen LogP contribution in [0, 0.1) is 0 Å². The molecule has 1 aliphatic rings. The fraction of sp³-hybridized carbons (Fsp3) is 0.350. The third-order valence-electron chi connectivity index (χ3n) is 5.07. The normalized spacial score (nSPS) is 17.5. The SMILES string of the molecule is O=C(CCc1ccccc1)N1CCCCC1c1cc(=O)n2ccnc2[nH]1. The Morgan fingerprint density at radius 3 is 2.92 bits per heavy atom. The average Bonchev–Trinajstić information content (AvgIpc) is 3.16. The first kappa shape index (κ1) is 16.6. The second-order valence-corrected chi connectivity index (χ2v) is 6.77. The van der Waals surface area contributed by atoms with Crippen LogP contribution in [0.25, 0.3) is 5.78 Å². The molecular weight excluding hydrogens is 328 g/mol. The minimum absolute atomic E-state index is 0.0820. The molecule has 4 rings (SSSR count). The van der Waals surface area contributed by atoms with E-state index in [-0.39, 0.29) is 17.5 Å². The number of amides is 1. The number of carbonyl (C=O) groups excluding carboxylic acids is 1. The predicted octanol–water partition coefficient (Wildman–Crippen LogP) is 2.71. The number of nitrogens with zero attached hydrogens (tertiary/aromatic N) is 3. The zero-order valence-corrected chi connectivity index (χ0v) is 14.6. The van der Waals surface area contributed by atoms with Crippen molar-refractivity contribution in [3.8, 4) is 0 Å². The molecule has 26 heavy (non-hydrogen) atoms. The Hall–Kier alpha value is -2.89. The highest BCUT2D eigenvalue weighted by atomic mass is 16.2. The molecule has 1 saturated heterocycles. The lowest BCUT2D eigenvalue weighted by Crippen LogP contribution is -2.39. The lowest BCUT2D eigenvalue weighted by Gasteiger charge is -2.36. The van der Waals surface area contributed by atoms with Crippen molar-refractivity contribution in [3.63, 3.8) is 0 Å². The highest BCUT2D eigenvalue weighted by molar-refractivity contribution is 5.77. The van der Waals surface area contributed by atoms with Gasteiger partial charge in [-0.3, -0.25) is 14.0 Å². The molecule has 2 aromatic heterocycles. The molecule has 1 amide bonds. The van der Waals surface area contributed by atoms with E-state index in [0.717, 1.165) is 37.9 Å². The van der Waals surface area contributed by atoms with Gasteiger partial charge in [-0.25, -0.2) is 4.98 Å². The minimum atomic E-state index is -0.117. The zero-order valence-electron chi connectivity index (χ0n) is 14.6. The topological polar surface area (TPSA) is 70.5 Å². The van der Waals surface area contributed by atoms with Crippen LogP contribution < -0.4 is 5.56 Å². The summed E-state index contributed by atoms with van der Waals surface area (Å²) >= 11 is 0. The molecule has 0 bridgehead atoms. The molecule has 1 aromatic carbocycles. The summed E-state index contributed by atoms with van der Waals surface area (Å²) in [5.74, 6) is 0.664. The number of hydrogen-bond donors (Lipinski definition) is 1. The number of rotatable bonds is 4. The first-order valence-electron chi connectivity index (χ1n) is 9.12. The van der Waals surface area contributed by atoms with E-state index in [9.17, 15) is 9.59 Å². The number of aromatic nitrogens is 3. The van der Waals surface area contributed by atoms with Gasteiger partial charge in [0.25, 0.3) is 5.56 Å². The molecule has 0 aliphatic carbocycles. The monoisotopic (exact) mass is 350 g/mol. The molecule has 134 valence electrons. The maximum atomic E-state index is 12.9. The molecular formula is C20H22N4O2. The smallest absolute Gasteiger partial charge is 0.259 e. The van der Waals surface area contributed by atoms with E-state index in [1.807, 2.05) is 35.2 Å². The molecule has 0 spiro atoms. The maximum absolute atomic E-state index is 12.9. The van der Waals surface area contributed by atoms with Crippen molar-refractivity contribution >= 4 is 11.7 Å². The number of H-pyrrole nitrogens is 1. The summed E-state index contributed by atoms with van der Waals surface area (Å²) < 4.78 is 1.48. The van der Waals surface area contributed by atoms with E-state index < -0.39 is 0 Å². The third-order valence-corrected chi connectivity index (χ3v) is 5.07. The van der Waals surface area contributed by atoms with Crippen LogP contribution in [0.2, 0.25) is 0 Å². The maximum Gasteiger partial charge on any atom is 0.259 e. The molecule has 3 aromatic rings. The van der Waals surface area contributed by atoms with Crippen LogP contribution >= 0.6 is 0 Å². The van der Waals surface area contributed by atoms with E-state index in [0.29, 0.717) is 12.2 Å². The van der Waals surface area contributed by atoms with Crippen molar-refractivity contribution in [1.82, 2.24) is 19.3 Å². The van der Waals surface area contributed by atoms with Crippen LogP contribution in [-0.2, 0) is 11.2 Å². The molecule has 6 nitrogen and oxygen atoms in total. The van der Waals surface area contributed by atoms with Gasteiger partial charge >= 0.3 is 0 Å². The average molecular weight is 350 g/mol. The third kappa shape index (κ3) is 3.27. The summed E-state index contributed by atoms with van der Waals surface area (Å²) in [5, 5.41) is 0. The van der Waals surface area contributed by atoms with E-state index >= 15 is 0 Å². The van der Waals surface area contributed by atoms with Gasteiger partial charge in [-0.2, -0.15) is 0 Å². The van der Waals surface area contributed by atoms with Crippen molar-refractivity contribution in [2.24, 2.45) is 0 Å². The van der Waals surface area contributed by atoms with Crippen molar-refractivity contribution < 1.29 is 4.79 Å². The number of likely N-dealkylation sites (tertiary alicyclic amines) is 1. The number of hydrogen-bond acceptors (Lipinski definition) is 3. The Labute approximate surface area is 151 Å². The quantitative estimate of drug-likeness (QED) is 0.786. The van der Waals surface area contributed by atoms with Gasteiger partial charge in [0.05, 0.1) is 6.04 Å². The highest BCUT2D eigenvalue weighted by Crippen LogP contribution is 2.30. The number of fused-ring (bicyclic) bond motifs is 1. The van der Waals surface area contributed by atoms with E-state index in [1.165, 1.54) is 9.96 Å². The molecule has 1 fully saturated rings. The molecule has 1 N–H and O–H groups in total. The van der Waals surface area contributed by atoms with E-state index in [1.54, 1.807) is 18.5 Å². The van der Waals surface area contributed by atoms with E-state index in [2.05, 4.69) is 9.97 Å². The fourth-order valence-electron chi connectivity index (χ4n) is 3.71. The van der Waals surface area contributed by atoms with Crippen molar-refractivity contribution in [3.05, 3.63) is 70.4 Å². The Morgan fingerprint density at radius 1 is 1.23 bits per heavy atom. The van der Waals surface area contributed by atoms with Gasteiger partial charge in [0.1, 0.15) is 0 Å². The standard InChI is InChI=1S/C20H22N4O2/c25-18(10-9-15-6-2-1-3-7-15)23-12-5-4-8-17(23)16-14-19(26)24-13-11-21-20(24)22-16/h1-3,6-7,11,13-14,17H,4-5,8-10,12H2,(H,21,22). The van der Waals surface area contributed by atoms with Crippen LogP contribution in [-0.4, -0.2) is 31.7 Å². The van der Waals surface area contributed by atoms with Gasteiger partial charge in [0.15, 0.2) is 0 Å². The predicted molar refractivity (Wildman–Crippen MR) is 98.9 cm³/mol. The van der Waals surface area contributed by atoms with Crippen molar-refractivity contribution in [2.45, 2.75) is 38.1 Å². The molecule has 0 radical (unpaired) electrons. The number of benzene rings is 1.